The summed E-state index contributed by atoms with van der Waals surface area (Å²) in [5, 5.41) is 17.9. The van der Waals surface area contributed by atoms with Gasteiger partial charge in [0.2, 0.25) is 11.8 Å². The van der Waals surface area contributed by atoms with E-state index in [2.05, 4.69) is 14.9 Å². The van der Waals surface area contributed by atoms with Crippen LogP contribution in [-0.4, -0.2) is 51.0 Å². The molecule has 6 aromatic rings. The molecule has 3 aromatic heterocycles. The van der Waals surface area contributed by atoms with Gasteiger partial charge in [-0.3, -0.25) is 14.9 Å². The minimum Gasteiger partial charge on any atom is -0.445 e. The van der Waals surface area contributed by atoms with Crippen LogP contribution in [0.25, 0.3) is 50.6 Å². The van der Waals surface area contributed by atoms with Gasteiger partial charge in [-0.15, -0.1) is 0 Å². The number of hydrogen-bond acceptors (Lipinski definition) is 10. The first-order valence-electron chi connectivity index (χ1n) is 13.2. The average molecular weight is 563 g/mol. The summed E-state index contributed by atoms with van der Waals surface area (Å²) in [7, 11) is 0. The molecule has 1 aliphatic heterocycles. The van der Waals surface area contributed by atoms with Crippen molar-refractivity contribution in [1.29, 1.82) is 0 Å². The van der Waals surface area contributed by atoms with E-state index in [1.807, 2.05) is 24.3 Å². The maximum absolute atomic E-state index is 13.9. The lowest BCUT2D eigenvalue weighted by Gasteiger charge is -2.29. The number of anilines is 1. The number of morpholine rings is 1. The van der Waals surface area contributed by atoms with E-state index in [9.17, 15) is 14.9 Å². The summed E-state index contributed by atoms with van der Waals surface area (Å²) in [5.41, 5.74) is 2.39. The molecule has 1 fully saturated rings. The first kappa shape index (κ1) is 25.4. The van der Waals surface area contributed by atoms with E-state index >= 15 is 0 Å². The number of benzene rings is 3. The summed E-state index contributed by atoms with van der Waals surface area (Å²) >= 11 is 0. The third-order valence-corrected chi connectivity index (χ3v) is 7.13. The number of hydrogen-bond donors (Lipinski definition) is 0. The van der Waals surface area contributed by atoms with Crippen LogP contribution in [0, 0.1) is 10.1 Å². The van der Waals surface area contributed by atoms with Crippen molar-refractivity contribution >= 4 is 22.1 Å². The third-order valence-electron chi connectivity index (χ3n) is 7.13. The van der Waals surface area contributed by atoms with E-state index < -0.39 is 10.5 Å². The van der Waals surface area contributed by atoms with Gasteiger partial charge >= 0.3 is 0 Å². The zero-order chi connectivity index (χ0) is 28.6. The Bertz CT molecular complexity index is 1930. The molecule has 4 heterocycles. The van der Waals surface area contributed by atoms with Gasteiger partial charge in [0.25, 0.3) is 11.2 Å². The molecule has 208 valence electrons. The number of nitro benzene ring substituents is 1. The molecule has 0 spiro atoms. The van der Waals surface area contributed by atoms with Crippen molar-refractivity contribution in [2.45, 2.75) is 0 Å². The van der Waals surface area contributed by atoms with Crippen molar-refractivity contribution in [3.8, 4) is 39.9 Å². The van der Waals surface area contributed by atoms with Gasteiger partial charge in [0.05, 0.1) is 41.6 Å². The van der Waals surface area contributed by atoms with E-state index in [1.165, 1.54) is 18.6 Å². The summed E-state index contributed by atoms with van der Waals surface area (Å²) in [6.07, 6.45) is 6.03. The van der Waals surface area contributed by atoms with Crippen LogP contribution in [0.15, 0.2) is 99.2 Å². The molecule has 7 rings (SSSR count). The molecule has 0 bridgehead atoms. The molecule has 1 aliphatic rings. The molecule has 0 aliphatic carbocycles. The highest BCUT2D eigenvalue weighted by Gasteiger charge is 2.24. The minimum absolute atomic E-state index is 0.0674. The number of nitrogens with zero attached hydrogens (tertiary/aromatic N) is 6. The molecular weight excluding hydrogens is 540 g/mol. The number of fused-ring (bicyclic) bond motifs is 1. The standard InChI is InChI=1S/C30H22N6O6/c37-30-24-4-2-1-3-23(24)27(19-15-20(28-31-7-11-41-28)17-21(16-19)29-32-8-12-42-29)33-35(30)26-18-22(5-6-25(26)36(38)39)34-9-13-40-14-10-34/h1-8,11-12,15-18H,9-10,13-14H2. The van der Waals surface area contributed by atoms with Gasteiger partial charge in [0.1, 0.15) is 18.2 Å². The molecule has 0 saturated carbocycles. The summed E-state index contributed by atoms with van der Waals surface area (Å²) < 4.78 is 17.7. The molecule has 0 radical (unpaired) electrons. The Labute approximate surface area is 237 Å². The molecule has 12 nitrogen and oxygen atoms in total. The maximum Gasteiger partial charge on any atom is 0.295 e. The fourth-order valence-corrected chi connectivity index (χ4v) is 5.16. The van der Waals surface area contributed by atoms with Crippen molar-refractivity contribution in [1.82, 2.24) is 19.7 Å². The van der Waals surface area contributed by atoms with Crippen molar-refractivity contribution in [3.63, 3.8) is 0 Å². The quantitative estimate of drug-likeness (QED) is 0.198. The first-order valence-corrected chi connectivity index (χ1v) is 13.2. The lowest BCUT2D eigenvalue weighted by Crippen LogP contribution is -2.36. The van der Waals surface area contributed by atoms with Crippen LogP contribution >= 0.6 is 0 Å². The second-order valence-corrected chi connectivity index (χ2v) is 9.61. The van der Waals surface area contributed by atoms with Crippen LogP contribution in [0.3, 0.4) is 0 Å². The number of oxazole rings is 2. The monoisotopic (exact) mass is 562 g/mol. The van der Waals surface area contributed by atoms with Crippen LogP contribution in [0.5, 0.6) is 0 Å². The Hall–Kier alpha value is -5.62. The van der Waals surface area contributed by atoms with E-state index in [-0.39, 0.29) is 11.4 Å². The van der Waals surface area contributed by atoms with Crippen molar-refractivity contribution in [3.05, 3.63) is 106 Å². The molecule has 3 aromatic carbocycles. The number of aromatic nitrogens is 4. The van der Waals surface area contributed by atoms with Crippen LogP contribution in [0.4, 0.5) is 11.4 Å². The van der Waals surface area contributed by atoms with Crippen molar-refractivity contribution in [2.75, 3.05) is 31.2 Å². The van der Waals surface area contributed by atoms with Gasteiger partial charge < -0.3 is 18.5 Å². The smallest absolute Gasteiger partial charge is 0.295 e. The minimum atomic E-state index is -0.509. The highest BCUT2D eigenvalue weighted by molar-refractivity contribution is 5.95. The van der Waals surface area contributed by atoms with Gasteiger partial charge in [-0.2, -0.15) is 9.78 Å². The van der Waals surface area contributed by atoms with E-state index in [4.69, 9.17) is 18.7 Å². The zero-order valence-corrected chi connectivity index (χ0v) is 22.0. The molecule has 0 unspecified atom stereocenters. The molecule has 42 heavy (non-hydrogen) atoms. The normalized spacial score (nSPS) is 13.5. The van der Waals surface area contributed by atoms with Crippen LogP contribution in [0.1, 0.15) is 0 Å². The largest absolute Gasteiger partial charge is 0.445 e. The van der Waals surface area contributed by atoms with E-state index in [0.29, 0.717) is 71.2 Å². The molecule has 0 atom stereocenters. The lowest BCUT2D eigenvalue weighted by molar-refractivity contribution is -0.384. The predicted molar refractivity (Wildman–Crippen MR) is 153 cm³/mol. The lowest BCUT2D eigenvalue weighted by atomic mass is 9.99. The second kappa shape index (κ2) is 10.4. The topological polar surface area (TPSA) is 143 Å². The molecule has 0 N–H and O–H groups in total. The zero-order valence-electron chi connectivity index (χ0n) is 22.0. The van der Waals surface area contributed by atoms with Crippen LogP contribution < -0.4 is 10.5 Å². The maximum atomic E-state index is 13.9. The van der Waals surface area contributed by atoms with E-state index in [1.54, 1.807) is 42.7 Å². The average Bonchev–Trinajstić information content (AvgIpc) is 3.77. The van der Waals surface area contributed by atoms with Gasteiger partial charge in [-0.1, -0.05) is 18.2 Å². The van der Waals surface area contributed by atoms with Gasteiger partial charge in [-0.05, 0) is 36.4 Å². The Morgan fingerprint density at radius 1 is 0.810 bits per heavy atom. The Balaban J connectivity index is 1.49. The van der Waals surface area contributed by atoms with Crippen molar-refractivity contribution in [2.24, 2.45) is 0 Å². The molecule has 0 amide bonds. The summed E-state index contributed by atoms with van der Waals surface area (Å²) in [6.45, 7) is 2.33. The number of ether oxygens (including phenoxy) is 1. The molecule has 12 heteroatoms. The first-order chi connectivity index (χ1) is 20.6. The Morgan fingerprint density at radius 2 is 1.45 bits per heavy atom. The highest BCUT2D eigenvalue weighted by atomic mass is 16.6. The number of nitro groups is 1. The summed E-state index contributed by atoms with van der Waals surface area (Å²) in [6, 6.07) is 17.3. The van der Waals surface area contributed by atoms with E-state index in [0.717, 1.165) is 10.4 Å². The molecular formula is C30H22N6O6. The highest BCUT2D eigenvalue weighted by Crippen LogP contribution is 2.35. The SMILES string of the molecule is O=c1c2ccccc2c(-c2cc(-c3ncco3)cc(-c3ncco3)c2)nn1-c1cc(N2CCOCC2)ccc1[N+](=O)[O-]. The fraction of sp³-hybridized carbons (Fsp3) is 0.133. The molecule has 1 saturated heterocycles. The predicted octanol–water partition coefficient (Wildman–Crippen LogP) is 5.11. The summed E-state index contributed by atoms with van der Waals surface area (Å²) in [4.78, 5) is 36.2. The Morgan fingerprint density at radius 3 is 2.07 bits per heavy atom. The van der Waals surface area contributed by atoms with Crippen LogP contribution in [0.2, 0.25) is 0 Å². The van der Waals surface area contributed by atoms with Gasteiger partial charge in [-0.25, -0.2) is 9.97 Å². The number of rotatable bonds is 6. The second-order valence-electron chi connectivity index (χ2n) is 9.61. The van der Waals surface area contributed by atoms with Gasteiger partial charge in [0.15, 0.2) is 0 Å². The third kappa shape index (κ3) is 4.49. The summed E-state index contributed by atoms with van der Waals surface area (Å²) in [5.74, 6) is 0.743. The van der Waals surface area contributed by atoms with Gasteiger partial charge in [0, 0.05) is 46.9 Å². The van der Waals surface area contributed by atoms with Crippen molar-refractivity contribution < 1.29 is 18.5 Å². The van der Waals surface area contributed by atoms with Crippen LogP contribution in [-0.2, 0) is 4.74 Å². The Kier molecular flexibility index (Phi) is 6.28. The fourth-order valence-electron chi connectivity index (χ4n) is 5.16.